The van der Waals surface area contributed by atoms with E-state index in [1.165, 1.54) is 0 Å². The third-order valence-corrected chi connectivity index (χ3v) is 3.46. The van der Waals surface area contributed by atoms with E-state index in [2.05, 4.69) is 10.3 Å². The number of carbonyl (C=O) groups excluding carboxylic acids is 2. The monoisotopic (exact) mass is 273 g/mol. The molecule has 2 heterocycles. The fraction of sp³-hybridized carbons (Fsp3) is 0.400. The average Bonchev–Trinajstić information content (AvgIpc) is 2.83. The van der Waals surface area contributed by atoms with Crippen LogP contribution in [0.15, 0.2) is 24.5 Å². The van der Waals surface area contributed by atoms with Gasteiger partial charge in [-0.2, -0.15) is 0 Å². The number of fused-ring (bicyclic) bond motifs is 1. The molecule has 1 amide bonds. The lowest BCUT2D eigenvalue weighted by Crippen LogP contribution is -2.36. The van der Waals surface area contributed by atoms with Gasteiger partial charge in [-0.05, 0) is 25.0 Å². The Hall–Kier alpha value is -2.17. The Morgan fingerprint density at radius 2 is 2.20 bits per heavy atom. The van der Waals surface area contributed by atoms with Gasteiger partial charge in [0.1, 0.15) is 12.2 Å². The van der Waals surface area contributed by atoms with Gasteiger partial charge in [-0.15, -0.1) is 0 Å². The summed E-state index contributed by atoms with van der Waals surface area (Å²) in [7, 11) is 0. The molecule has 0 saturated carbocycles. The van der Waals surface area contributed by atoms with Gasteiger partial charge in [0, 0.05) is 29.4 Å². The largest absolute Gasteiger partial charge is 0.352 e. The molecular weight excluding hydrogens is 254 g/mol. The number of rotatable bonds is 6. The molecule has 2 aromatic rings. The Morgan fingerprint density at radius 1 is 1.45 bits per heavy atom. The third-order valence-electron chi connectivity index (χ3n) is 3.46. The van der Waals surface area contributed by atoms with Gasteiger partial charge in [0.05, 0.1) is 0 Å². The molecule has 0 aliphatic rings. The van der Waals surface area contributed by atoms with Crippen molar-refractivity contribution in [2.24, 2.45) is 0 Å². The molecule has 1 N–H and O–H groups in total. The molecular formula is C15H19N3O2. The fourth-order valence-electron chi connectivity index (χ4n) is 2.29. The number of aromatic nitrogens is 2. The standard InChI is InChI=1S/C15H19N3O2/c1-3-12(4-2)17-14(20)9-18-8-11(10-19)13-6-5-7-16-15(13)18/h5-8,10,12H,3-4,9H2,1-2H3,(H,17,20). The molecule has 0 saturated heterocycles. The molecule has 2 aromatic heterocycles. The molecule has 2 rings (SSSR count). The van der Waals surface area contributed by atoms with Crippen LogP contribution in [0.3, 0.4) is 0 Å². The zero-order chi connectivity index (χ0) is 14.5. The van der Waals surface area contributed by atoms with E-state index in [0.29, 0.717) is 11.2 Å². The Morgan fingerprint density at radius 3 is 2.85 bits per heavy atom. The van der Waals surface area contributed by atoms with Crippen LogP contribution in [0.4, 0.5) is 0 Å². The molecule has 0 unspecified atom stereocenters. The van der Waals surface area contributed by atoms with Crippen LogP contribution in [0.25, 0.3) is 11.0 Å². The van der Waals surface area contributed by atoms with E-state index in [1.54, 1.807) is 23.0 Å². The molecule has 0 atom stereocenters. The molecule has 5 heteroatoms. The van der Waals surface area contributed by atoms with Gasteiger partial charge in [-0.3, -0.25) is 9.59 Å². The van der Waals surface area contributed by atoms with Gasteiger partial charge < -0.3 is 9.88 Å². The Labute approximate surface area is 118 Å². The van der Waals surface area contributed by atoms with Crippen LogP contribution >= 0.6 is 0 Å². The van der Waals surface area contributed by atoms with E-state index in [-0.39, 0.29) is 18.5 Å². The minimum atomic E-state index is -0.0568. The SMILES string of the molecule is CCC(CC)NC(=O)Cn1cc(C=O)c2cccnc21. The molecule has 0 fully saturated rings. The maximum atomic E-state index is 12.0. The lowest BCUT2D eigenvalue weighted by molar-refractivity contribution is -0.122. The molecule has 0 bridgehead atoms. The summed E-state index contributed by atoms with van der Waals surface area (Å²) in [6.45, 7) is 4.27. The van der Waals surface area contributed by atoms with E-state index in [4.69, 9.17) is 0 Å². The summed E-state index contributed by atoms with van der Waals surface area (Å²) in [5.41, 5.74) is 1.22. The first kappa shape index (κ1) is 14.2. The van der Waals surface area contributed by atoms with Gasteiger partial charge in [0.15, 0.2) is 6.29 Å². The number of nitrogens with one attached hydrogen (secondary N) is 1. The van der Waals surface area contributed by atoms with Crippen molar-refractivity contribution in [3.05, 3.63) is 30.1 Å². The molecule has 5 nitrogen and oxygen atoms in total. The number of aldehydes is 1. The van der Waals surface area contributed by atoms with Crippen molar-refractivity contribution in [2.45, 2.75) is 39.3 Å². The van der Waals surface area contributed by atoms with E-state index >= 15 is 0 Å². The highest BCUT2D eigenvalue weighted by Gasteiger charge is 2.13. The van der Waals surface area contributed by atoms with Crippen molar-refractivity contribution in [1.29, 1.82) is 0 Å². The van der Waals surface area contributed by atoms with Crippen molar-refractivity contribution in [3.8, 4) is 0 Å². The van der Waals surface area contributed by atoms with Crippen molar-refractivity contribution in [2.75, 3.05) is 0 Å². The summed E-state index contributed by atoms with van der Waals surface area (Å²) >= 11 is 0. The highest BCUT2D eigenvalue weighted by Crippen LogP contribution is 2.17. The van der Waals surface area contributed by atoms with Crippen LogP contribution in [0, 0.1) is 0 Å². The molecule has 0 spiro atoms. The summed E-state index contributed by atoms with van der Waals surface area (Å²) in [5, 5.41) is 3.76. The van der Waals surface area contributed by atoms with Crippen molar-refractivity contribution in [1.82, 2.24) is 14.9 Å². The average molecular weight is 273 g/mol. The molecule has 106 valence electrons. The van der Waals surface area contributed by atoms with E-state index < -0.39 is 0 Å². The fourth-order valence-corrected chi connectivity index (χ4v) is 2.29. The first-order valence-corrected chi connectivity index (χ1v) is 6.88. The lowest BCUT2D eigenvalue weighted by atomic mass is 10.2. The molecule has 0 aliphatic heterocycles. The summed E-state index contributed by atoms with van der Waals surface area (Å²) in [4.78, 5) is 27.3. The number of hydrogen-bond acceptors (Lipinski definition) is 3. The predicted octanol–water partition coefficient (Wildman–Crippen LogP) is 2.15. The second-order valence-corrected chi connectivity index (χ2v) is 4.79. The summed E-state index contributed by atoms with van der Waals surface area (Å²) in [5.74, 6) is -0.0568. The topological polar surface area (TPSA) is 64.0 Å². The van der Waals surface area contributed by atoms with Gasteiger partial charge in [0.25, 0.3) is 0 Å². The minimum Gasteiger partial charge on any atom is -0.352 e. The molecule has 20 heavy (non-hydrogen) atoms. The van der Waals surface area contributed by atoms with Crippen LogP contribution in [-0.2, 0) is 11.3 Å². The van der Waals surface area contributed by atoms with Crippen LogP contribution in [0.5, 0.6) is 0 Å². The van der Waals surface area contributed by atoms with Crippen LogP contribution in [-0.4, -0.2) is 27.8 Å². The van der Waals surface area contributed by atoms with Crippen LogP contribution < -0.4 is 5.32 Å². The van der Waals surface area contributed by atoms with Gasteiger partial charge in [0.2, 0.25) is 5.91 Å². The Balaban J connectivity index is 2.21. The highest BCUT2D eigenvalue weighted by atomic mass is 16.2. The summed E-state index contributed by atoms with van der Waals surface area (Å²) in [6.07, 6.45) is 5.95. The second kappa shape index (κ2) is 6.32. The van der Waals surface area contributed by atoms with Gasteiger partial charge in [-0.25, -0.2) is 4.98 Å². The van der Waals surface area contributed by atoms with Crippen LogP contribution in [0.1, 0.15) is 37.0 Å². The number of amides is 1. The third kappa shape index (κ3) is 2.87. The quantitative estimate of drug-likeness (QED) is 0.820. The maximum absolute atomic E-state index is 12.0. The second-order valence-electron chi connectivity index (χ2n) is 4.79. The molecule has 0 aromatic carbocycles. The van der Waals surface area contributed by atoms with Crippen LogP contribution in [0.2, 0.25) is 0 Å². The van der Waals surface area contributed by atoms with Crippen molar-refractivity contribution < 1.29 is 9.59 Å². The number of carbonyl (C=O) groups is 2. The maximum Gasteiger partial charge on any atom is 0.240 e. The smallest absolute Gasteiger partial charge is 0.240 e. The van der Waals surface area contributed by atoms with E-state index in [0.717, 1.165) is 24.5 Å². The van der Waals surface area contributed by atoms with E-state index in [1.807, 2.05) is 19.9 Å². The Kier molecular flexibility index (Phi) is 4.50. The number of nitrogens with zero attached hydrogens (tertiary/aromatic N) is 2. The summed E-state index contributed by atoms with van der Waals surface area (Å²) in [6, 6.07) is 3.81. The molecule has 0 radical (unpaired) electrons. The first-order valence-electron chi connectivity index (χ1n) is 6.88. The number of pyridine rings is 1. The zero-order valence-corrected chi connectivity index (χ0v) is 11.8. The van der Waals surface area contributed by atoms with Gasteiger partial charge in [-0.1, -0.05) is 13.8 Å². The number of hydrogen-bond donors (Lipinski definition) is 1. The normalized spacial score (nSPS) is 10.9. The first-order chi connectivity index (χ1) is 9.69. The minimum absolute atomic E-state index is 0.0568. The molecule has 0 aliphatic carbocycles. The van der Waals surface area contributed by atoms with E-state index in [9.17, 15) is 9.59 Å². The summed E-state index contributed by atoms with van der Waals surface area (Å²) < 4.78 is 1.72. The Bertz CT molecular complexity index is 615. The van der Waals surface area contributed by atoms with Crippen molar-refractivity contribution >= 4 is 23.2 Å². The predicted molar refractivity (Wildman–Crippen MR) is 77.6 cm³/mol. The lowest BCUT2D eigenvalue weighted by Gasteiger charge is -2.15. The zero-order valence-electron chi connectivity index (χ0n) is 11.8. The van der Waals surface area contributed by atoms with Gasteiger partial charge >= 0.3 is 0 Å². The highest BCUT2D eigenvalue weighted by molar-refractivity contribution is 5.96. The van der Waals surface area contributed by atoms with Crippen molar-refractivity contribution in [3.63, 3.8) is 0 Å².